The van der Waals surface area contributed by atoms with E-state index in [-0.39, 0.29) is 0 Å². The van der Waals surface area contributed by atoms with Gasteiger partial charge in [0.05, 0.1) is 52.9 Å². The summed E-state index contributed by atoms with van der Waals surface area (Å²) < 4.78 is 31.6. The number of ether oxygens (including phenoxy) is 6. The van der Waals surface area contributed by atoms with Crippen molar-refractivity contribution in [2.45, 2.75) is 6.92 Å². The topological polar surface area (TPSA) is 55.4 Å². The van der Waals surface area contributed by atoms with Crippen LogP contribution < -0.4 is 0 Å². The number of hydrogen-bond donors (Lipinski definition) is 0. The maximum atomic E-state index is 5.62. The molecule has 29 heavy (non-hydrogen) atoms. The average molecular weight is 407 g/mol. The lowest BCUT2D eigenvalue weighted by Gasteiger charge is -2.09. The molecular formula is C23H34O6. The standard InChI is InChI=1S/C23H34O6/c1-20(8-9-26-14-15-27-12-10-24-3)22-6-5-7-23(18-22)21(2)19-29-17-16-28-13-11-25-4/h5-7,9,18H,2,10-17,19H2,1,3-4H3. The van der Waals surface area contributed by atoms with Crippen LogP contribution in [0.3, 0.4) is 0 Å². The molecule has 1 rings (SSSR count). The highest BCUT2D eigenvalue weighted by molar-refractivity contribution is 5.70. The number of allylic oxidation sites excluding steroid dienone is 1. The molecule has 0 aliphatic heterocycles. The molecule has 6 nitrogen and oxygen atoms in total. The van der Waals surface area contributed by atoms with Gasteiger partial charge >= 0.3 is 0 Å². The molecule has 0 fully saturated rings. The summed E-state index contributed by atoms with van der Waals surface area (Å²) in [5.41, 5.74) is 7.14. The first-order valence-electron chi connectivity index (χ1n) is 9.72. The first-order chi connectivity index (χ1) is 14.2. The first-order valence-corrected chi connectivity index (χ1v) is 9.72. The summed E-state index contributed by atoms with van der Waals surface area (Å²) in [6.45, 7) is 11.0. The molecule has 0 atom stereocenters. The molecule has 0 heterocycles. The third-order valence-electron chi connectivity index (χ3n) is 3.92. The highest BCUT2D eigenvalue weighted by Gasteiger charge is 2.02. The Morgan fingerprint density at radius 1 is 0.862 bits per heavy atom. The molecule has 0 spiro atoms. The number of methoxy groups -OCH3 is 2. The molecular weight excluding hydrogens is 372 g/mol. The summed E-state index contributed by atoms with van der Waals surface area (Å²) in [6.07, 6.45) is 1.57. The van der Waals surface area contributed by atoms with Crippen molar-refractivity contribution in [3.63, 3.8) is 0 Å². The summed E-state index contributed by atoms with van der Waals surface area (Å²) in [5, 5.41) is 0. The molecule has 0 amide bonds. The molecule has 0 bridgehead atoms. The van der Waals surface area contributed by atoms with Crippen LogP contribution in [0.5, 0.6) is 0 Å². The normalized spacial score (nSPS) is 10.4. The number of benzene rings is 1. The zero-order valence-electron chi connectivity index (χ0n) is 17.9. The summed E-state index contributed by atoms with van der Waals surface area (Å²) in [7, 11) is 3.30. The fourth-order valence-corrected chi connectivity index (χ4v) is 2.24. The van der Waals surface area contributed by atoms with Crippen molar-refractivity contribution in [1.29, 1.82) is 0 Å². The summed E-state index contributed by atoms with van der Waals surface area (Å²) in [5.74, 6) is 0. The van der Waals surface area contributed by atoms with Gasteiger partial charge in [-0.05, 0) is 29.7 Å². The summed E-state index contributed by atoms with van der Waals surface area (Å²) >= 11 is 0. The Morgan fingerprint density at radius 2 is 1.45 bits per heavy atom. The van der Waals surface area contributed by atoms with Crippen LogP contribution in [0.15, 0.2) is 42.8 Å². The molecule has 0 unspecified atom stereocenters. The van der Waals surface area contributed by atoms with E-state index in [4.69, 9.17) is 28.4 Å². The van der Waals surface area contributed by atoms with Crippen LogP contribution in [0.4, 0.5) is 0 Å². The van der Waals surface area contributed by atoms with E-state index in [0.717, 1.165) is 22.3 Å². The van der Waals surface area contributed by atoms with Crippen molar-refractivity contribution >= 4 is 11.1 Å². The third-order valence-corrected chi connectivity index (χ3v) is 3.92. The zero-order valence-corrected chi connectivity index (χ0v) is 17.9. The molecule has 0 N–H and O–H groups in total. The number of rotatable bonds is 17. The Kier molecular flexibility index (Phi) is 14.7. The highest BCUT2D eigenvalue weighted by Crippen LogP contribution is 2.19. The smallest absolute Gasteiger partial charge is 0.125 e. The van der Waals surface area contributed by atoms with Crippen molar-refractivity contribution in [2.75, 3.05) is 73.7 Å². The Balaban J connectivity index is 2.39. The van der Waals surface area contributed by atoms with Crippen LogP contribution in [-0.4, -0.2) is 73.7 Å². The molecule has 0 aliphatic carbocycles. The molecule has 6 heteroatoms. The van der Waals surface area contributed by atoms with Gasteiger partial charge in [0.2, 0.25) is 0 Å². The van der Waals surface area contributed by atoms with E-state index in [2.05, 4.69) is 18.4 Å². The Morgan fingerprint density at radius 3 is 2.14 bits per heavy atom. The summed E-state index contributed by atoms with van der Waals surface area (Å²) in [6, 6.07) is 8.13. The monoisotopic (exact) mass is 406 g/mol. The zero-order chi connectivity index (χ0) is 21.2. The van der Waals surface area contributed by atoms with Gasteiger partial charge in [0, 0.05) is 19.8 Å². The Labute approximate surface area is 174 Å². The molecule has 1 aromatic rings. The van der Waals surface area contributed by atoms with Gasteiger partial charge in [0.25, 0.3) is 0 Å². The van der Waals surface area contributed by atoms with Crippen LogP contribution >= 0.6 is 0 Å². The van der Waals surface area contributed by atoms with Crippen LogP contribution in [-0.2, 0) is 28.4 Å². The van der Waals surface area contributed by atoms with Crippen molar-refractivity contribution < 1.29 is 28.4 Å². The third kappa shape index (κ3) is 12.3. The number of hydrogen-bond acceptors (Lipinski definition) is 6. The second-order valence-corrected chi connectivity index (χ2v) is 6.21. The first kappa shape index (κ1) is 25.1. The predicted octanol–water partition coefficient (Wildman–Crippen LogP) is 3.57. The minimum atomic E-state index is 0.460. The van der Waals surface area contributed by atoms with Crippen molar-refractivity contribution in [1.82, 2.24) is 0 Å². The predicted molar refractivity (Wildman–Crippen MR) is 115 cm³/mol. The van der Waals surface area contributed by atoms with E-state index in [1.54, 1.807) is 20.5 Å². The van der Waals surface area contributed by atoms with Crippen molar-refractivity contribution in [3.05, 3.63) is 54.0 Å². The van der Waals surface area contributed by atoms with Gasteiger partial charge in [-0.15, -0.1) is 0 Å². The SMILES string of the molecule is C=C(COCCOCCOC)c1cccc(C(C)=C=COCCOCCOC)c1. The molecule has 1 aromatic carbocycles. The highest BCUT2D eigenvalue weighted by atomic mass is 16.5. The van der Waals surface area contributed by atoms with E-state index in [1.165, 1.54) is 0 Å². The van der Waals surface area contributed by atoms with Crippen LogP contribution in [0.2, 0.25) is 0 Å². The van der Waals surface area contributed by atoms with Gasteiger partial charge < -0.3 is 28.4 Å². The van der Waals surface area contributed by atoms with E-state index in [9.17, 15) is 0 Å². The largest absolute Gasteiger partial charge is 0.491 e. The van der Waals surface area contributed by atoms with Gasteiger partial charge in [-0.1, -0.05) is 30.5 Å². The Bertz CT molecular complexity index is 634. The maximum absolute atomic E-state index is 5.62. The van der Waals surface area contributed by atoms with E-state index in [1.807, 2.05) is 25.1 Å². The summed E-state index contributed by atoms with van der Waals surface area (Å²) in [4.78, 5) is 0. The fraction of sp³-hybridized carbons (Fsp3) is 0.522. The molecule has 0 saturated heterocycles. The second kappa shape index (κ2) is 17.0. The Hall–Kier alpha value is -1.92. The lowest BCUT2D eigenvalue weighted by molar-refractivity contribution is 0.0325. The van der Waals surface area contributed by atoms with Crippen LogP contribution in [0.25, 0.3) is 11.1 Å². The molecule has 0 saturated carbocycles. The minimum absolute atomic E-state index is 0.460. The molecule has 0 aliphatic rings. The van der Waals surface area contributed by atoms with Gasteiger partial charge in [-0.3, -0.25) is 0 Å². The van der Waals surface area contributed by atoms with E-state index in [0.29, 0.717) is 59.5 Å². The second-order valence-electron chi connectivity index (χ2n) is 6.21. The fourth-order valence-electron chi connectivity index (χ4n) is 2.24. The van der Waals surface area contributed by atoms with Crippen molar-refractivity contribution in [2.24, 2.45) is 0 Å². The average Bonchev–Trinajstić information content (AvgIpc) is 2.74. The van der Waals surface area contributed by atoms with E-state index >= 15 is 0 Å². The lowest BCUT2D eigenvalue weighted by atomic mass is 10.0. The van der Waals surface area contributed by atoms with Gasteiger partial charge in [0.1, 0.15) is 12.9 Å². The molecule has 162 valence electrons. The molecule has 0 radical (unpaired) electrons. The lowest BCUT2D eigenvalue weighted by Crippen LogP contribution is -2.09. The van der Waals surface area contributed by atoms with Gasteiger partial charge in [-0.25, -0.2) is 0 Å². The van der Waals surface area contributed by atoms with Crippen LogP contribution in [0.1, 0.15) is 18.1 Å². The van der Waals surface area contributed by atoms with Crippen molar-refractivity contribution in [3.8, 4) is 0 Å². The minimum Gasteiger partial charge on any atom is -0.491 e. The quantitative estimate of drug-likeness (QED) is 0.224. The van der Waals surface area contributed by atoms with Crippen LogP contribution in [0, 0.1) is 0 Å². The maximum Gasteiger partial charge on any atom is 0.125 e. The van der Waals surface area contributed by atoms with Gasteiger partial charge in [0.15, 0.2) is 0 Å². The van der Waals surface area contributed by atoms with Gasteiger partial charge in [-0.2, -0.15) is 0 Å². The molecule has 0 aromatic heterocycles. The van der Waals surface area contributed by atoms with E-state index < -0.39 is 0 Å².